The Bertz CT molecular complexity index is 441. The van der Waals surface area contributed by atoms with Gasteiger partial charge in [-0.25, -0.2) is 4.98 Å². The van der Waals surface area contributed by atoms with Crippen LogP contribution in [0, 0.1) is 5.92 Å². The zero-order valence-electron chi connectivity index (χ0n) is 9.07. The first kappa shape index (κ1) is 10.2. The Morgan fingerprint density at radius 3 is 3.12 bits per heavy atom. The van der Waals surface area contributed by atoms with Gasteiger partial charge < -0.3 is 10.3 Å². The summed E-state index contributed by atoms with van der Waals surface area (Å²) in [7, 11) is 0. The van der Waals surface area contributed by atoms with Crippen molar-refractivity contribution in [3.05, 3.63) is 24.3 Å². The van der Waals surface area contributed by atoms with Crippen molar-refractivity contribution in [1.82, 2.24) is 15.3 Å². The third-order valence-corrected chi connectivity index (χ3v) is 4.09. The fourth-order valence-corrected chi connectivity index (χ4v) is 3.07. The van der Waals surface area contributed by atoms with Gasteiger partial charge in [0.25, 0.3) is 0 Å². The van der Waals surface area contributed by atoms with E-state index >= 15 is 0 Å². The maximum atomic E-state index is 4.56. The Hall–Kier alpha value is -1.00. The maximum Gasteiger partial charge on any atom is 0.166 e. The fraction of sp³-hybridized carbons (Fsp3) is 0.417. The van der Waals surface area contributed by atoms with Gasteiger partial charge in [0, 0.05) is 5.75 Å². The third-order valence-electron chi connectivity index (χ3n) is 2.99. The molecule has 2 heterocycles. The van der Waals surface area contributed by atoms with Gasteiger partial charge in [0.1, 0.15) is 0 Å². The lowest BCUT2D eigenvalue weighted by molar-refractivity contribution is 0.662. The molecule has 2 aromatic rings. The molecule has 16 heavy (non-hydrogen) atoms. The lowest BCUT2D eigenvalue weighted by Crippen LogP contribution is -2.10. The molecule has 0 amide bonds. The quantitative estimate of drug-likeness (QED) is 0.799. The summed E-state index contributed by atoms with van der Waals surface area (Å²) >= 11 is 1.84. The van der Waals surface area contributed by atoms with Gasteiger partial charge in [0.15, 0.2) is 5.16 Å². The van der Waals surface area contributed by atoms with Crippen molar-refractivity contribution >= 4 is 22.8 Å². The molecule has 3 nitrogen and oxygen atoms in total. The highest BCUT2D eigenvalue weighted by molar-refractivity contribution is 7.99. The van der Waals surface area contributed by atoms with Crippen LogP contribution in [-0.2, 0) is 0 Å². The minimum absolute atomic E-state index is 0.804. The molecule has 0 unspecified atom stereocenters. The first-order valence-electron chi connectivity index (χ1n) is 5.70. The van der Waals surface area contributed by atoms with Crippen molar-refractivity contribution in [2.24, 2.45) is 5.92 Å². The molecule has 1 aromatic carbocycles. The van der Waals surface area contributed by atoms with E-state index in [2.05, 4.69) is 21.4 Å². The van der Waals surface area contributed by atoms with E-state index in [0.29, 0.717) is 0 Å². The van der Waals surface area contributed by atoms with Crippen molar-refractivity contribution in [3.8, 4) is 0 Å². The zero-order chi connectivity index (χ0) is 10.8. The number of imidazole rings is 1. The molecule has 1 aliphatic heterocycles. The Morgan fingerprint density at radius 2 is 2.31 bits per heavy atom. The molecule has 1 aliphatic rings. The molecule has 4 heteroatoms. The summed E-state index contributed by atoms with van der Waals surface area (Å²) in [5.41, 5.74) is 2.20. The molecule has 1 saturated heterocycles. The predicted octanol–water partition coefficient (Wildman–Crippen LogP) is 2.26. The summed E-state index contributed by atoms with van der Waals surface area (Å²) in [6.07, 6.45) is 1.30. The van der Waals surface area contributed by atoms with Crippen LogP contribution in [0.1, 0.15) is 6.42 Å². The van der Waals surface area contributed by atoms with Gasteiger partial charge in [-0.05, 0) is 37.6 Å². The van der Waals surface area contributed by atoms with Gasteiger partial charge >= 0.3 is 0 Å². The Morgan fingerprint density at radius 1 is 1.38 bits per heavy atom. The van der Waals surface area contributed by atoms with Gasteiger partial charge in [0.05, 0.1) is 11.0 Å². The topological polar surface area (TPSA) is 40.7 Å². The van der Waals surface area contributed by atoms with Crippen LogP contribution in [0.25, 0.3) is 11.0 Å². The van der Waals surface area contributed by atoms with E-state index in [9.17, 15) is 0 Å². The second-order valence-corrected chi connectivity index (χ2v) is 5.24. The van der Waals surface area contributed by atoms with Crippen LogP contribution in [0.15, 0.2) is 29.4 Å². The number of aromatic amines is 1. The maximum absolute atomic E-state index is 4.56. The zero-order valence-corrected chi connectivity index (χ0v) is 9.89. The number of fused-ring (bicyclic) bond motifs is 1. The Balaban J connectivity index is 1.69. The number of hydrogen-bond acceptors (Lipinski definition) is 3. The summed E-state index contributed by atoms with van der Waals surface area (Å²) < 4.78 is 0. The minimum Gasteiger partial charge on any atom is -0.333 e. The van der Waals surface area contributed by atoms with Gasteiger partial charge in [-0.3, -0.25) is 0 Å². The average Bonchev–Trinajstić information content (AvgIpc) is 2.95. The first-order chi connectivity index (χ1) is 7.92. The molecule has 3 rings (SSSR count). The van der Waals surface area contributed by atoms with Gasteiger partial charge in [0.2, 0.25) is 0 Å². The van der Waals surface area contributed by atoms with Crippen LogP contribution in [0.4, 0.5) is 0 Å². The van der Waals surface area contributed by atoms with E-state index < -0.39 is 0 Å². The largest absolute Gasteiger partial charge is 0.333 e. The highest BCUT2D eigenvalue weighted by Gasteiger charge is 2.15. The van der Waals surface area contributed by atoms with Gasteiger partial charge in [-0.15, -0.1) is 0 Å². The number of hydrogen-bond donors (Lipinski definition) is 2. The average molecular weight is 233 g/mol. The van der Waals surface area contributed by atoms with E-state index in [0.717, 1.165) is 34.4 Å². The minimum atomic E-state index is 0.804. The number of aromatic nitrogens is 2. The number of rotatable bonds is 3. The van der Waals surface area contributed by atoms with E-state index in [-0.39, 0.29) is 0 Å². The molecule has 2 N–H and O–H groups in total. The van der Waals surface area contributed by atoms with Crippen LogP contribution < -0.4 is 5.32 Å². The van der Waals surface area contributed by atoms with E-state index in [4.69, 9.17) is 0 Å². The van der Waals surface area contributed by atoms with Crippen LogP contribution >= 0.6 is 11.8 Å². The Labute approximate surface area is 99.0 Å². The molecule has 0 radical (unpaired) electrons. The summed E-state index contributed by atoms with van der Waals surface area (Å²) in [5.74, 6) is 1.96. The van der Waals surface area contributed by atoms with Crippen molar-refractivity contribution in [3.63, 3.8) is 0 Å². The number of para-hydroxylation sites is 2. The SMILES string of the molecule is c1ccc2[nH]c(SC[C@H]3CCNC3)nc2c1. The number of thioether (sulfide) groups is 1. The van der Waals surface area contributed by atoms with Crippen LogP contribution in [0.3, 0.4) is 0 Å². The second-order valence-electron chi connectivity index (χ2n) is 4.23. The molecule has 84 valence electrons. The van der Waals surface area contributed by atoms with E-state index in [1.165, 1.54) is 13.0 Å². The molecular formula is C12H15N3S. The van der Waals surface area contributed by atoms with Crippen LogP contribution in [-0.4, -0.2) is 28.8 Å². The Kier molecular flexibility index (Phi) is 2.84. The van der Waals surface area contributed by atoms with Crippen molar-refractivity contribution in [2.75, 3.05) is 18.8 Å². The van der Waals surface area contributed by atoms with E-state index in [1.54, 1.807) is 0 Å². The van der Waals surface area contributed by atoms with Crippen molar-refractivity contribution in [2.45, 2.75) is 11.6 Å². The molecule has 1 fully saturated rings. The molecular weight excluding hydrogens is 218 g/mol. The molecule has 1 aromatic heterocycles. The smallest absolute Gasteiger partial charge is 0.166 e. The molecule has 0 saturated carbocycles. The summed E-state index contributed by atoms with van der Waals surface area (Å²) in [4.78, 5) is 7.91. The highest BCUT2D eigenvalue weighted by Crippen LogP contribution is 2.23. The first-order valence-corrected chi connectivity index (χ1v) is 6.68. The second kappa shape index (κ2) is 4.47. The summed E-state index contributed by atoms with van der Waals surface area (Å²) in [6.45, 7) is 2.33. The number of nitrogens with zero attached hydrogens (tertiary/aromatic N) is 1. The molecule has 0 bridgehead atoms. The molecule has 0 spiro atoms. The lowest BCUT2D eigenvalue weighted by atomic mass is 10.2. The number of benzene rings is 1. The monoisotopic (exact) mass is 233 g/mol. The summed E-state index contributed by atoms with van der Waals surface area (Å²) in [6, 6.07) is 8.19. The number of H-pyrrole nitrogens is 1. The third kappa shape index (κ3) is 2.08. The lowest BCUT2D eigenvalue weighted by Gasteiger charge is -2.04. The normalized spacial score (nSPS) is 20.6. The molecule has 1 atom stereocenters. The van der Waals surface area contributed by atoms with Gasteiger partial charge in [-0.2, -0.15) is 0 Å². The fourth-order valence-electron chi connectivity index (χ4n) is 2.05. The van der Waals surface area contributed by atoms with Crippen molar-refractivity contribution in [1.29, 1.82) is 0 Å². The molecule has 0 aliphatic carbocycles. The summed E-state index contributed by atoms with van der Waals surface area (Å²) in [5, 5.41) is 4.44. The van der Waals surface area contributed by atoms with Crippen LogP contribution in [0.2, 0.25) is 0 Å². The van der Waals surface area contributed by atoms with Crippen molar-refractivity contribution < 1.29 is 0 Å². The highest BCUT2D eigenvalue weighted by atomic mass is 32.2. The van der Waals surface area contributed by atoms with E-state index in [1.807, 2.05) is 30.0 Å². The van der Waals surface area contributed by atoms with Gasteiger partial charge in [-0.1, -0.05) is 23.9 Å². The van der Waals surface area contributed by atoms with Crippen LogP contribution in [0.5, 0.6) is 0 Å². The predicted molar refractivity (Wildman–Crippen MR) is 67.8 cm³/mol. The standard InChI is InChI=1S/C12H15N3S/c1-2-4-11-10(3-1)14-12(15-11)16-8-9-5-6-13-7-9/h1-4,9,13H,5-8H2,(H,14,15)/t9-/m0/s1. The number of nitrogens with one attached hydrogen (secondary N) is 2.